The second-order valence-corrected chi connectivity index (χ2v) is 8.87. The lowest BCUT2D eigenvalue weighted by Gasteiger charge is -2.35. The van der Waals surface area contributed by atoms with Gasteiger partial charge in [0.05, 0.1) is 6.20 Å². The zero-order valence-electron chi connectivity index (χ0n) is 19.7. The largest absolute Gasteiger partial charge is 0.368 e. The summed E-state index contributed by atoms with van der Waals surface area (Å²) < 4.78 is 4.23. The first kappa shape index (κ1) is 21.9. The highest BCUT2D eigenvalue weighted by atomic mass is 16.2. The monoisotopic (exact) mass is 431 g/mol. The number of hydrogen-bond donors (Lipinski definition) is 0. The normalized spacial score (nSPS) is 14.7. The van der Waals surface area contributed by atoms with Crippen molar-refractivity contribution in [3.05, 3.63) is 71.2 Å². The average Bonchev–Trinajstić information content (AvgIpc) is 3.36. The molecule has 2 aromatic heterocycles. The van der Waals surface area contributed by atoms with E-state index in [4.69, 9.17) is 0 Å². The molecule has 1 aliphatic heterocycles. The Balaban J connectivity index is 1.44. The van der Waals surface area contributed by atoms with Crippen LogP contribution in [0.15, 0.2) is 48.7 Å². The van der Waals surface area contributed by atoms with Gasteiger partial charge >= 0.3 is 0 Å². The van der Waals surface area contributed by atoms with Crippen LogP contribution in [-0.4, -0.2) is 51.3 Å². The molecule has 1 fully saturated rings. The molecule has 6 nitrogen and oxygen atoms in total. The van der Waals surface area contributed by atoms with E-state index in [-0.39, 0.29) is 11.9 Å². The van der Waals surface area contributed by atoms with Gasteiger partial charge in [-0.2, -0.15) is 5.10 Å². The van der Waals surface area contributed by atoms with Gasteiger partial charge in [0.1, 0.15) is 5.82 Å². The fourth-order valence-corrected chi connectivity index (χ4v) is 4.47. The average molecular weight is 432 g/mol. The van der Waals surface area contributed by atoms with Crippen LogP contribution in [0.5, 0.6) is 0 Å². The molecule has 0 saturated carbocycles. The molecular formula is C26H33N5O. The van der Waals surface area contributed by atoms with Crippen molar-refractivity contribution in [3.63, 3.8) is 0 Å². The summed E-state index contributed by atoms with van der Waals surface area (Å²) in [7, 11) is 0. The number of amides is 1. The van der Waals surface area contributed by atoms with E-state index in [1.807, 2.05) is 27.9 Å². The summed E-state index contributed by atoms with van der Waals surface area (Å²) in [5.74, 6) is 1.12. The third-order valence-corrected chi connectivity index (χ3v) is 6.20. The van der Waals surface area contributed by atoms with Crippen molar-refractivity contribution in [2.24, 2.45) is 0 Å². The summed E-state index contributed by atoms with van der Waals surface area (Å²) in [6, 6.07) is 13.0. The third-order valence-electron chi connectivity index (χ3n) is 6.20. The molecule has 1 aromatic carbocycles. The van der Waals surface area contributed by atoms with Gasteiger partial charge in [0, 0.05) is 61.4 Å². The maximum atomic E-state index is 12.8. The number of aryl methyl sites for hydroxylation is 2. The lowest BCUT2D eigenvalue weighted by Crippen LogP contribution is -2.48. The molecule has 0 radical (unpaired) electrons. The molecule has 0 bridgehead atoms. The SMILES string of the molecule is Cc1cccc(N2CCN(C(=O)/C=C/c3cc(C)n(-c4ccnn4C(C)C)c3C)CC2)c1. The first-order valence-electron chi connectivity index (χ1n) is 11.4. The van der Waals surface area contributed by atoms with Gasteiger partial charge in [-0.05, 0) is 70.0 Å². The summed E-state index contributed by atoms with van der Waals surface area (Å²) in [5, 5.41) is 4.46. The van der Waals surface area contributed by atoms with Crippen molar-refractivity contribution in [2.75, 3.05) is 31.1 Å². The van der Waals surface area contributed by atoms with Crippen LogP contribution in [0.3, 0.4) is 0 Å². The number of hydrogen-bond acceptors (Lipinski definition) is 3. The molecule has 4 rings (SSSR count). The van der Waals surface area contributed by atoms with E-state index >= 15 is 0 Å². The molecule has 3 aromatic rings. The first-order valence-corrected chi connectivity index (χ1v) is 11.4. The Morgan fingerprint density at radius 1 is 1.03 bits per heavy atom. The molecule has 168 valence electrons. The predicted octanol–water partition coefficient (Wildman–Crippen LogP) is 4.54. The smallest absolute Gasteiger partial charge is 0.246 e. The van der Waals surface area contributed by atoms with E-state index in [0.29, 0.717) is 0 Å². The standard InChI is InChI=1S/C26H33N5O/c1-19(2)31-25(11-12-27-31)30-21(4)18-23(22(30)5)9-10-26(32)29-15-13-28(14-16-29)24-8-6-7-20(3)17-24/h6-12,17-19H,13-16H2,1-5H3/b10-9+. The van der Waals surface area contributed by atoms with E-state index in [1.54, 1.807) is 6.08 Å². The Hall–Kier alpha value is -3.28. The van der Waals surface area contributed by atoms with Crippen LogP contribution in [0, 0.1) is 20.8 Å². The number of carbonyl (C=O) groups is 1. The molecule has 6 heteroatoms. The van der Waals surface area contributed by atoms with Crippen LogP contribution in [0.25, 0.3) is 11.9 Å². The molecule has 1 amide bonds. The molecule has 0 aliphatic carbocycles. The van der Waals surface area contributed by atoms with Crippen molar-refractivity contribution in [1.82, 2.24) is 19.2 Å². The molecule has 3 heterocycles. The number of anilines is 1. The van der Waals surface area contributed by atoms with Crippen molar-refractivity contribution < 1.29 is 4.79 Å². The van der Waals surface area contributed by atoms with Gasteiger partial charge in [-0.15, -0.1) is 0 Å². The topological polar surface area (TPSA) is 46.3 Å². The van der Waals surface area contributed by atoms with Crippen LogP contribution in [0.2, 0.25) is 0 Å². The van der Waals surface area contributed by atoms with E-state index in [9.17, 15) is 4.79 Å². The third kappa shape index (κ3) is 4.35. The van der Waals surface area contributed by atoms with Gasteiger partial charge in [-0.25, -0.2) is 4.68 Å². The van der Waals surface area contributed by atoms with Crippen LogP contribution in [0.1, 0.15) is 42.4 Å². The number of rotatable bonds is 5. The van der Waals surface area contributed by atoms with Crippen LogP contribution < -0.4 is 4.90 Å². The van der Waals surface area contributed by atoms with Gasteiger partial charge in [0.15, 0.2) is 0 Å². The minimum Gasteiger partial charge on any atom is -0.368 e. The number of aromatic nitrogens is 3. The Morgan fingerprint density at radius 2 is 1.78 bits per heavy atom. The highest BCUT2D eigenvalue weighted by molar-refractivity contribution is 5.92. The van der Waals surface area contributed by atoms with Crippen molar-refractivity contribution >= 4 is 17.7 Å². The maximum Gasteiger partial charge on any atom is 0.246 e. The molecule has 0 unspecified atom stereocenters. The number of carbonyl (C=O) groups excluding carboxylic acids is 1. The second-order valence-electron chi connectivity index (χ2n) is 8.87. The van der Waals surface area contributed by atoms with Crippen molar-refractivity contribution in [3.8, 4) is 5.82 Å². The van der Waals surface area contributed by atoms with Gasteiger partial charge in [-0.3, -0.25) is 4.79 Å². The molecule has 1 saturated heterocycles. The van der Waals surface area contributed by atoms with Crippen molar-refractivity contribution in [2.45, 2.75) is 40.7 Å². The van der Waals surface area contributed by atoms with E-state index in [0.717, 1.165) is 48.9 Å². The van der Waals surface area contributed by atoms with Crippen LogP contribution in [-0.2, 0) is 4.79 Å². The minimum absolute atomic E-state index is 0.0749. The van der Waals surface area contributed by atoms with E-state index in [1.165, 1.54) is 11.3 Å². The Labute approximate surface area is 190 Å². The molecule has 0 atom stereocenters. The van der Waals surface area contributed by atoms with Crippen LogP contribution in [0.4, 0.5) is 5.69 Å². The summed E-state index contributed by atoms with van der Waals surface area (Å²) in [6.07, 6.45) is 5.50. The fourth-order valence-electron chi connectivity index (χ4n) is 4.47. The van der Waals surface area contributed by atoms with Crippen molar-refractivity contribution in [1.29, 1.82) is 0 Å². The lowest BCUT2D eigenvalue weighted by molar-refractivity contribution is -0.126. The lowest BCUT2D eigenvalue weighted by atomic mass is 10.2. The first-order chi connectivity index (χ1) is 15.3. The molecule has 32 heavy (non-hydrogen) atoms. The Morgan fingerprint density at radius 3 is 2.47 bits per heavy atom. The van der Waals surface area contributed by atoms with Gasteiger partial charge in [-0.1, -0.05) is 12.1 Å². The zero-order valence-corrected chi connectivity index (χ0v) is 19.7. The Bertz CT molecular complexity index is 1130. The summed E-state index contributed by atoms with van der Waals surface area (Å²) in [6.45, 7) is 13.7. The number of nitrogens with zero attached hydrogens (tertiary/aromatic N) is 5. The summed E-state index contributed by atoms with van der Waals surface area (Å²) >= 11 is 0. The van der Waals surface area contributed by atoms with Gasteiger partial charge in [0.2, 0.25) is 5.91 Å². The number of benzene rings is 1. The summed E-state index contributed by atoms with van der Waals surface area (Å²) in [4.78, 5) is 17.1. The highest BCUT2D eigenvalue weighted by Crippen LogP contribution is 2.24. The molecular weight excluding hydrogens is 398 g/mol. The van der Waals surface area contributed by atoms with E-state index < -0.39 is 0 Å². The molecule has 0 spiro atoms. The Kier molecular flexibility index (Phi) is 6.21. The molecule has 1 aliphatic rings. The predicted molar refractivity (Wildman–Crippen MR) is 130 cm³/mol. The fraction of sp³-hybridized carbons (Fsp3) is 0.385. The maximum absolute atomic E-state index is 12.8. The molecule has 0 N–H and O–H groups in total. The van der Waals surface area contributed by atoms with E-state index in [2.05, 4.69) is 79.5 Å². The van der Waals surface area contributed by atoms with Crippen LogP contribution >= 0.6 is 0 Å². The quantitative estimate of drug-likeness (QED) is 0.557. The van der Waals surface area contributed by atoms with Gasteiger partial charge < -0.3 is 14.4 Å². The minimum atomic E-state index is 0.0749. The zero-order chi connectivity index (χ0) is 22.8. The summed E-state index contributed by atoms with van der Waals surface area (Å²) in [5.41, 5.74) is 5.80. The number of piperazine rings is 1. The van der Waals surface area contributed by atoms with Gasteiger partial charge in [0.25, 0.3) is 0 Å². The highest BCUT2D eigenvalue weighted by Gasteiger charge is 2.20. The second kappa shape index (κ2) is 9.07.